The Morgan fingerprint density at radius 3 is 3.29 bits per heavy atom. The number of nitrogens with two attached hydrogens (primary N) is 1. The lowest BCUT2D eigenvalue weighted by Gasteiger charge is -2.36. The molecule has 0 fully saturated rings. The molecule has 0 radical (unpaired) electrons. The van der Waals surface area contributed by atoms with Crippen LogP contribution in [0.15, 0.2) is 10.7 Å². The van der Waals surface area contributed by atoms with Crippen molar-refractivity contribution in [1.82, 2.24) is 5.16 Å². The number of hydrogen-bond acceptors (Lipinski definition) is 4. The van der Waals surface area contributed by atoms with Crippen LogP contribution in [0.3, 0.4) is 0 Å². The molecule has 4 heteroatoms. The molecule has 0 saturated heterocycles. The van der Waals surface area contributed by atoms with Crippen LogP contribution in [-0.4, -0.2) is 16.8 Å². The SMILES string of the molecule is CC1CCc2oncc2C1(O)CCN. The van der Waals surface area contributed by atoms with Crippen LogP contribution in [0.4, 0.5) is 0 Å². The monoisotopic (exact) mass is 196 g/mol. The van der Waals surface area contributed by atoms with Gasteiger partial charge in [-0.2, -0.15) is 0 Å². The molecule has 0 saturated carbocycles. The minimum atomic E-state index is -0.831. The normalized spacial score (nSPS) is 31.5. The van der Waals surface area contributed by atoms with E-state index in [1.807, 2.05) is 6.92 Å². The fraction of sp³-hybridized carbons (Fsp3) is 0.700. The summed E-state index contributed by atoms with van der Waals surface area (Å²) in [5.41, 5.74) is 5.53. The van der Waals surface area contributed by atoms with Gasteiger partial charge in [0.1, 0.15) is 5.76 Å². The van der Waals surface area contributed by atoms with Gasteiger partial charge in [0, 0.05) is 12.0 Å². The minimum Gasteiger partial charge on any atom is -0.385 e. The highest BCUT2D eigenvalue weighted by atomic mass is 16.5. The highest BCUT2D eigenvalue weighted by Gasteiger charge is 2.41. The molecule has 1 aromatic rings. The number of fused-ring (bicyclic) bond motifs is 1. The third-order valence-electron chi connectivity index (χ3n) is 3.26. The van der Waals surface area contributed by atoms with Gasteiger partial charge in [-0.25, -0.2) is 0 Å². The van der Waals surface area contributed by atoms with Crippen molar-refractivity contribution in [2.45, 2.75) is 31.8 Å². The number of rotatable bonds is 2. The van der Waals surface area contributed by atoms with Crippen molar-refractivity contribution in [2.75, 3.05) is 6.54 Å². The predicted molar refractivity (Wildman–Crippen MR) is 51.6 cm³/mol. The van der Waals surface area contributed by atoms with Gasteiger partial charge in [0.05, 0.1) is 11.8 Å². The van der Waals surface area contributed by atoms with Gasteiger partial charge in [0.25, 0.3) is 0 Å². The number of aryl methyl sites for hydroxylation is 1. The van der Waals surface area contributed by atoms with Crippen LogP contribution in [-0.2, 0) is 12.0 Å². The zero-order valence-corrected chi connectivity index (χ0v) is 8.36. The van der Waals surface area contributed by atoms with Crippen molar-refractivity contribution in [3.05, 3.63) is 17.5 Å². The first kappa shape index (κ1) is 9.68. The lowest BCUT2D eigenvalue weighted by atomic mass is 9.73. The second-order valence-corrected chi connectivity index (χ2v) is 4.07. The molecule has 0 aromatic carbocycles. The molecule has 0 amide bonds. The quantitative estimate of drug-likeness (QED) is 0.733. The lowest BCUT2D eigenvalue weighted by molar-refractivity contribution is -0.0354. The van der Waals surface area contributed by atoms with E-state index >= 15 is 0 Å². The smallest absolute Gasteiger partial charge is 0.142 e. The highest BCUT2D eigenvalue weighted by Crippen LogP contribution is 2.41. The van der Waals surface area contributed by atoms with E-state index in [0.29, 0.717) is 13.0 Å². The Labute approximate surface area is 83.1 Å². The molecule has 4 nitrogen and oxygen atoms in total. The van der Waals surface area contributed by atoms with E-state index in [9.17, 15) is 5.11 Å². The van der Waals surface area contributed by atoms with Gasteiger partial charge in [-0.05, 0) is 25.3 Å². The fourth-order valence-corrected chi connectivity index (χ4v) is 2.25. The van der Waals surface area contributed by atoms with Crippen molar-refractivity contribution >= 4 is 0 Å². The van der Waals surface area contributed by atoms with E-state index in [4.69, 9.17) is 10.3 Å². The van der Waals surface area contributed by atoms with Crippen LogP contribution < -0.4 is 5.73 Å². The van der Waals surface area contributed by atoms with Crippen LogP contribution in [0, 0.1) is 5.92 Å². The number of aromatic nitrogens is 1. The van der Waals surface area contributed by atoms with Crippen LogP contribution in [0.2, 0.25) is 0 Å². The second-order valence-electron chi connectivity index (χ2n) is 4.07. The standard InChI is InChI=1S/C10H16N2O2/c1-7-2-3-9-8(6-12-14-9)10(7,13)4-5-11/h6-7,13H,2-5,11H2,1H3. The molecular formula is C10H16N2O2. The topological polar surface area (TPSA) is 72.3 Å². The van der Waals surface area contributed by atoms with Crippen LogP contribution in [0.5, 0.6) is 0 Å². The third-order valence-corrected chi connectivity index (χ3v) is 3.26. The Morgan fingerprint density at radius 2 is 2.57 bits per heavy atom. The lowest BCUT2D eigenvalue weighted by Crippen LogP contribution is -2.39. The molecule has 78 valence electrons. The summed E-state index contributed by atoms with van der Waals surface area (Å²) in [5.74, 6) is 1.04. The fourth-order valence-electron chi connectivity index (χ4n) is 2.25. The second kappa shape index (κ2) is 3.37. The van der Waals surface area contributed by atoms with Gasteiger partial charge in [0.2, 0.25) is 0 Å². The molecule has 1 aliphatic carbocycles. The minimum absolute atomic E-state index is 0.220. The summed E-state index contributed by atoms with van der Waals surface area (Å²) < 4.78 is 5.10. The van der Waals surface area contributed by atoms with E-state index in [1.54, 1.807) is 6.20 Å². The summed E-state index contributed by atoms with van der Waals surface area (Å²) in [4.78, 5) is 0. The summed E-state index contributed by atoms with van der Waals surface area (Å²) in [6.07, 6.45) is 3.99. The van der Waals surface area contributed by atoms with Gasteiger partial charge in [-0.15, -0.1) is 0 Å². The molecule has 2 atom stereocenters. The van der Waals surface area contributed by atoms with E-state index in [2.05, 4.69) is 5.16 Å². The Balaban J connectivity index is 2.40. The summed E-state index contributed by atoms with van der Waals surface area (Å²) >= 11 is 0. The molecule has 1 heterocycles. The average molecular weight is 196 g/mol. The Morgan fingerprint density at radius 1 is 1.79 bits per heavy atom. The zero-order chi connectivity index (χ0) is 10.2. The van der Waals surface area contributed by atoms with Crippen LogP contribution in [0.1, 0.15) is 31.1 Å². The molecular weight excluding hydrogens is 180 g/mol. The van der Waals surface area contributed by atoms with Gasteiger partial charge in [0.15, 0.2) is 0 Å². The molecule has 0 spiro atoms. The maximum atomic E-state index is 10.5. The van der Waals surface area contributed by atoms with E-state index in [1.165, 1.54) is 0 Å². The van der Waals surface area contributed by atoms with Crippen molar-refractivity contribution < 1.29 is 9.63 Å². The first-order valence-electron chi connectivity index (χ1n) is 5.05. The summed E-state index contributed by atoms with van der Waals surface area (Å²) in [6.45, 7) is 2.52. The zero-order valence-electron chi connectivity index (χ0n) is 8.36. The number of nitrogens with zero attached hydrogens (tertiary/aromatic N) is 1. The van der Waals surface area contributed by atoms with Crippen molar-refractivity contribution in [1.29, 1.82) is 0 Å². The Kier molecular flexibility index (Phi) is 2.33. The van der Waals surface area contributed by atoms with Crippen molar-refractivity contribution in [3.63, 3.8) is 0 Å². The predicted octanol–water partition coefficient (Wildman–Crippen LogP) is 0.793. The van der Waals surface area contributed by atoms with Crippen molar-refractivity contribution in [2.24, 2.45) is 11.7 Å². The molecule has 3 N–H and O–H groups in total. The third kappa shape index (κ3) is 1.26. The summed E-state index contributed by atoms with van der Waals surface area (Å²) in [5, 5.41) is 14.2. The maximum Gasteiger partial charge on any atom is 0.142 e. The Bertz CT molecular complexity index is 324. The highest BCUT2D eigenvalue weighted by molar-refractivity contribution is 5.26. The molecule has 2 unspecified atom stereocenters. The largest absolute Gasteiger partial charge is 0.385 e. The van der Waals surface area contributed by atoms with Gasteiger partial charge in [-0.3, -0.25) is 0 Å². The summed E-state index contributed by atoms with van der Waals surface area (Å²) in [6, 6.07) is 0. The Hall–Kier alpha value is -0.870. The van der Waals surface area contributed by atoms with E-state index < -0.39 is 5.60 Å². The number of hydrogen-bond donors (Lipinski definition) is 2. The molecule has 2 rings (SSSR count). The first-order chi connectivity index (χ1) is 6.68. The summed E-state index contributed by atoms with van der Waals surface area (Å²) in [7, 11) is 0. The van der Waals surface area contributed by atoms with Gasteiger partial charge >= 0.3 is 0 Å². The van der Waals surface area contributed by atoms with Gasteiger partial charge < -0.3 is 15.4 Å². The van der Waals surface area contributed by atoms with Crippen LogP contribution >= 0.6 is 0 Å². The molecule has 1 aliphatic rings. The molecule has 0 bridgehead atoms. The van der Waals surface area contributed by atoms with E-state index in [-0.39, 0.29) is 5.92 Å². The van der Waals surface area contributed by atoms with Crippen LogP contribution in [0.25, 0.3) is 0 Å². The number of aliphatic hydroxyl groups is 1. The average Bonchev–Trinajstić information content (AvgIpc) is 2.61. The van der Waals surface area contributed by atoms with Gasteiger partial charge in [-0.1, -0.05) is 12.1 Å². The maximum absolute atomic E-state index is 10.5. The molecule has 14 heavy (non-hydrogen) atoms. The van der Waals surface area contributed by atoms with Crippen molar-refractivity contribution in [3.8, 4) is 0 Å². The molecule has 1 aromatic heterocycles. The van der Waals surface area contributed by atoms with E-state index in [0.717, 1.165) is 24.2 Å². The first-order valence-corrected chi connectivity index (χ1v) is 5.05. The molecule has 0 aliphatic heterocycles.